The van der Waals surface area contributed by atoms with Crippen LogP contribution >= 0.6 is 0 Å². The second kappa shape index (κ2) is 8.85. The molecule has 0 radical (unpaired) electrons. The molecule has 0 fully saturated rings. The number of carbonyl (C=O) groups excluding carboxylic acids is 1. The lowest BCUT2D eigenvalue weighted by Crippen LogP contribution is -2.36. The van der Waals surface area contributed by atoms with Crippen LogP contribution < -0.4 is 14.8 Å². The summed E-state index contributed by atoms with van der Waals surface area (Å²) in [7, 11) is 1.52. The molecule has 114 valence electrons. The van der Waals surface area contributed by atoms with Gasteiger partial charge >= 0.3 is 0 Å². The van der Waals surface area contributed by atoms with Crippen LogP contribution in [0.25, 0.3) is 0 Å². The van der Waals surface area contributed by atoms with Crippen molar-refractivity contribution < 1.29 is 14.3 Å². The number of ether oxygens (including phenoxy) is 2. The molecular formula is C16H22N2O3. The van der Waals surface area contributed by atoms with Gasteiger partial charge in [0.15, 0.2) is 6.10 Å². The fourth-order valence-electron chi connectivity index (χ4n) is 1.81. The Labute approximate surface area is 125 Å². The highest BCUT2D eigenvalue weighted by atomic mass is 16.5. The molecule has 0 heterocycles. The summed E-state index contributed by atoms with van der Waals surface area (Å²) in [4.78, 5) is 11.9. The van der Waals surface area contributed by atoms with Crippen LogP contribution in [0.2, 0.25) is 0 Å². The van der Waals surface area contributed by atoms with E-state index in [2.05, 4.69) is 12.2 Å². The molecule has 0 bridgehead atoms. The van der Waals surface area contributed by atoms with E-state index in [1.54, 1.807) is 25.1 Å². The van der Waals surface area contributed by atoms with E-state index in [1.807, 2.05) is 6.07 Å². The molecule has 0 aliphatic rings. The van der Waals surface area contributed by atoms with E-state index in [9.17, 15) is 4.79 Å². The Morgan fingerprint density at radius 3 is 2.67 bits per heavy atom. The number of nitriles is 1. The van der Waals surface area contributed by atoms with Crippen LogP contribution in [0.3, 0.4) is 0 Å². The Morgan fingerprint density at radius 1 is 1.33 bits per heavy atom. The standard InChI is InChI=1S/C16H22N2O3/c1-4-5-6-7-18-16(19)12(2)21-15-9-13(11-17)8-14(10-15)20-3/h8-10,12H,4-7H2,1-3H3,(H,18,19). The van der Waals surface area contributed by atoms with Crippen molar-refractivity contribution in [1.82, 2.24) is 5.32 Å². The molecule has 1 amide bonds. The minimum Gasteiger partial charge on any atom is -0.497 e. The number of unbranched alkanes of at least 4 members (excludes halogenated alkanes) is 2. The third kappa shape index (κ3) is 5.74. The highest BCUT2D eigenvalue weighted by molar-refractivity contribution is 5.80. The van der Waals surface area contributed by atoms with Gasteiger partial charge in [0.25, 0.3) is 5.91 Å². The average Bonchev–Trinajstić information content (AvgIpc) is 2.50. The number of nitrogens with one attached hydrogen (secondary N) is 1. The summed E-state index contributed by atoms with van der Waals surface area (Å²) in [5, 5.41) is 11.8. The Morgan fingerprint density at radius 2 is 2.05 bits per heavy atom. The molecule has 1 N–H and O–H groups in total. The predicted octanol–water partition coefficient (Wildman–Crippen LogP) is 2.64. The van der Waals surface area contributed by atoms with E-state index in [0.717, 1.165) is 19.3 Å². The highest BCUT2D eigenvalue weighted by Crippen LogP contribution is 2.23. The summed E-state index contributed by atoms with van der Waals surface area (Å²) in [6, 6.07) is 6.89. The normalized spacial score (nSPS) is 11.3. The monoisotopic (exact) mass is 290 g/mol. The topological polar surface area (TPSA) is 71.3 Å². The number of benzene rings is 1. The van der Waals surface area contributed by atoms with E-state index in [-0.39, 0.29) is 5.91 Å². The van der Waals surface area contributed by atoms with Gasteiger partial charge in [0, 0.05) is 12.6 Å². The fourth-order valence-corrected chi connectivity index (χ4v) is 1.81. The zero-order chi connectivity index (χ0) is 15.7. The van der Waals surface area contributed by atoms with Crippen LogP contribution in [-0.4, -0.2) is 25.7 Å². The van der Waals surface area contributed by atoms with Crippen molar-refractivity contribution >= 4 is 5.91 Å². The summed E-state index contributed by atoms with van der Waals surface area (Å²) in [5.74, 6) is 0.814. The SMILES string of the molecule is CCCCCNC(=O)C(C)Oc1cc(C#N)cc(OC)c1. The Balaban J connectivity index is 2.59. The van der Waals surface area contributed by atoms with Gasteiger partial charge in [0.2, 0.25) is 0 Å². The molecule has 21 heavy (non-hydrogen) atoms. The van der Waals surface area contributed by atoms with E-state index in [1.165, 1.54) is 7.11 Å². The zero-order valence-corrected chi connectivity index (χ0v) is 12.8. The van der Waals surface area contributed by atoms with Crippen molar-refractivity contribution in [2.75, 3.05) is 13.7 Å². The molecule has 0 saturated carbocycles. The fraction of sp³-hybridized carbons (Fsp3) is 0.500. The first-order valence-electron chi connectivity index (χ1n) is 7.14. The average molecular weight is 290 g/mol. The molecular weight excluding hydrogens is 268 g/mol. The van der Waals surface area contributed by atoms with Crippen LogP contribution in [0.1, 0.15) is 38.7 Å². The van der Waals surface area contributed by atoms with Crippen molar-refractivity contribution in [2.45, 2.75) is 39.2 Å². The van der Waals surface area contributed by atoms with Crippen LogP contribution in [0, 0.1) is 11.3 Å². The number of methoxy groups -OCH3 is 1. The third-order valence-electron chi connectivity index (χ3n) is 3.01. The summed E-state index contributed by atoms with van der Waals surface area (Å²) in [5.41, 5.74) is 0.430. The lowest BCUT2D eigenvalue weighted by molar-refractivity contribution is -0.127. The van der Waals surface area contributed by atoms with Gasteiger partial charge < -0.3 is 14.8 Å². The third-order valence-corrected chi connectivity index (χ3v) is 3.01. The Kier molecular flexibility index (Phi) is 7.10. The number of carbonyl (C=O) groups is 1. The van der Waals surface area contributed by atoms with Gasteiger partial charge in [-0.3, -0.25) is 4.79 Å². The van der Waals surface area contributed by atoms with Gasteiger partial charge in [-0.25, -0.2) is 0 Å². The van der Waals surface area contributed by atoms with Gasteiger partial charge in [-0.05, 0) is 25.5 Å². The van der Waals surface area contributed by atoms with Crippen LogP contribution in [0.5, 0.6) is 11.5 Å². The maximum absolute atomic E-state index is 11.9. The summed E-state index contributed by atoms with van der Waals surface area (Å²) >= 11 is 0. The van der Waals surface area contributed by atoms with Crippen LogP contribution in [0.15, 0.2) is 18.2 Å². The zero-order valence-electron chi connectivity index (χ0n) is 12.8. The summed E-state index contributed by atoms with van der Waals surface area (Å²) in [6.45, 7) is 4.45. The highest BCUT2D eigenvalue weighted by Gasteiger charge is 2.14. The number of nitrogens with zero attached hydrogens (tertiary/aromatic N) is 1. The maximum Gasteiger partial charge on any atom is 0.260 e. The molecule has 0 aliphatic heterocycles. The van der Waals surface area contributed by atoms with Gasteiger partial charge in [0.1, 0.15) is 11.5 Å². The Bertz CT molecular complexity index is 509. The number of hydrogen-bond donors (Lipinski definition) is 1. The van der Waals surface area contributed by atoms with E-state index < -0.39 is 6.10 Å². The van der Waals surface area contributed by atoms with Crippen LogP contribution in [-0.2, 0) is 4.79 Å². The molecule has 1 atom stereocenters. The number of hydrogen-bond acceptors (Lipinski definition) is 4. The minimum atomic E-state index is -0.620. The molecule has 0 spiro atoms. The second-order valence-corrected chi connectivity index (χ2v) is 4.77. The van der Waals surface area contributed by atoms with Crippen molar-refractivity contribution in [3.8, 4) is 17.6 Å². The first-order valence-corrected chi connectivity index (χ1v) is 7.14. The predicted molar refractivity (Wildman–Crippen MR) is 80.3 cm³/mol. The largest absolute Gasteiger partial charge is 0.497 e. The first-order chi connectivity index (χ1) is 10.1. The Hall–Kier alpha value is -2.22. The quantitative estimate of drug-likeness (QED) is 0.747. The lowest BCUT2D eigenvalue weighted by atomic mass is 10.2. The van der Waals surface area contributed by atoms with Crippen LogP contribution in [0.4, 0.5) is 0 Å². The molecule has 1 rings (SSSR count). The smallest absolute Gasteiger partial charge is 0.260 e. The van der Waals surface area contributed by atoms with Crippen molar-refractivity contribution in [3.63, 3.8) is 0 Å². The van der Waals surface area contributed by atoms with E-state index in [0.29, 0.717) is 23.6 Å². The van der Waals surface area contributed by atoms with Crippen molar-refractivity contribution in [2.24, 2.45) is 0 Å². The van der Waals surface area contributed by atoms with Gasteiger partial charge in [-0.15, -0.1) is 0 Å². The molecule has 1 aromatic rings. The minimum absolute atomic E-state index is 0.160. The summed E-state index contributed by atoms with van der Waals surface area (Å²) in [6.07, 6.45) is 2.55. The molecule has 5 nitrogen and oxygen atoms in total. The second-order valence-electron chi connectivity index (χ2n) is 4.77. The van der Waals surface area contributed by atoms with Gasteiger partial charge in [0.05, 0.1) is 18.7 Å². The van der Waals surface area contributed by atoms with Crippen molar-refractivity contribution in [3.05, 3.63) is 23.8 Å². The van der Waals surface area contributed by atoms with Gasteiger partial charge in [-0.1, -0.05) is 19.8 Å². The maximum atomic E-state index is 11.9. The van der Waals surface area contributed by atoms with Crippen molar-refractivity contribution in [1.29, 1.82) is 5.26 Å². The molecule has 5 heteroatoms. The molecule has 0 saturated heterocycles. The number of amides is 1. The molecule has 0 aromatic heterocycles. The van der Waals surface area contributed by atoms with E-state index >= 15 is 0 Å². The van der Waals surface area contributed by atoms with E-state index in [4.69, 9.17) is 14.7 Å². The number of rotatable bonds is 8. The molecule has 1 aromatic carbocycles. The molecule has 0 aliphatic carbocycles. The summed E-state index contributed by atoms with van der Waals surface area (Å²) < 4.78 is 10.7. The van der Waals surface area contributed by atoms with Gasteiger partial charge in [-0.2, -0.15) is 5.26 Å². The molecule has 1 unspecified atom stereocenters. The lowest BCUT2D eigenvalue weighted by Gasteiger charge is -2.15. The first kappa shape index (κ1) is 16.8.